The number of nitrogens with zero attached hydrogens (tertiary/aromatic N) is 5. The van der Waals surface area contributed by atoms with E-state index in [1.54, 1.807) is 0 Å². The third kappa shape index (κ3) is 3.90. The predicted octanol–water partition coefficient (Wildman–Crippen LogP) is 2.67. The molecule has 24 heavy (non-hydrogen) atoms. The molecule has 3 heterocycles. The monoisotopic (exact) mass is 338 g/mol. The van der Waals surface area contributed by atoms with Crippen LogP contribution in [0.1, 0.15) is 24.2 Å². The molecule has 0 saturated carbocycles. The SMILES string of the molecule is Cc1ccc(N2CCC[C@@H](Nc3nccc(C(F)(F)F)n3)C2)nn1. The Hall–Kier alpha value is -2.45. The van der Waals surface area contributed by atoms with E-state index >= 15 is 0 Å². The number of halogens is 3. The third-order valence-electron chi connectivity index (χ3n) is 3.81. The Morgan fingerprint density at radius 1 is 1.21 bits per heavy atom. The van der Waals surface area contributed by atoms with Gasteiger partial charge in [-0.15, -0.1) is 5.10 Å². The summed E-state index contributed by atoms with van der Waals surface area (Å²) < 4.78 is 38.2. The first-order valence-electron chi connectivity index (χ1n) is 7.64. The van der Waals surface area contributed by atoms with Gasteiger partial charge in [-0.2, -0.15) is 18.3 Å². The lowest BCUT2D eigenvalue weighted by molar-refractivity contribution is -0.141. The molecule has 1 saturated heterocycles. The van der Waals surface area contributed by atoms with Crippen molar-refractivity contribution >= 4 is 11.8 Å². The highest BCUT2D eigenvalue weighted by Crippen LogP contribution is 2.28. The van der Waals surface area contributed by atoms with Crippen LogP contribution in [0.25, 0.3) is 0 Å². The molecule has 1 aliphatic rings. The lowest BCUT2D eigenvalue weighted by Gasteiger charge is -2.33. The Labute approximate surface area is 137 Å². The Morgan fingerprint density at radius 3 is 2.75 bits per heavy atom. The molecule has 128 valence electrons. The molecule has 0 aromatic carbocycles. The van der Waals surface area contributed by atoms with Crippen molar-refractivity contribution < 1.29 is 13.2 Å². The van der Waals surface area contributed by atoms with Crippen molar-refractivity contribution in [1.29, 1.82) is 0 Å². The van der Waals surface area contributed by atoms with Gasteiger partial charge in [0, 0.05) is 25.3 Å². The van der Waals surface area contributed by atoms with E-state index < -0.39 is 11.9 Å². The molecule has 1 aliphatic heterocycles. The van der Waals surface area contributed by atoms with Crippen molar-refractivity contribution in [2.75, 3.05) is 23.3 Å². The minimum atomic E-state index is -4.48. The van der Waals surface area contributed by atoms with E-state index in [1.165, 1.54) is 0 Å². The number of alkyl halides is 3. The van der Waals surface area contributed by atoms with Gasteiger partial charge in [-0.3, -0.25) is 0 Å². The van der Waals surface area contributed by atoms with Gasteiger partial charge in [-0.1, -0.05) is 0 Å². The van der Waals surface area contributed by atoms with Crippen LogP contribution in [0.2, 0.25) is 0 Å². The molecule has 0 amide bonds. The fourth-order valence-electron chi connectivity index (χ4n) is 2.63. The van der Waals surface area contributed by atoms with Crippen molar-refractivity contribution in [1.82, 2.24) is 20.2 Å². The largest absolute Gasteiger partial charge is 0.433 e. The molecule has 9 heteroatoms. The van der Waals surface area contributed by atoms with E-state index in [0.29, 0.717) is 6.54 Å². The molecule has 1 atom stereocenters. The van der Waals surface area contributed by atoms with Crippen LogP contribution in [0, 0.1) is 6.92 Å². The second-order valence-corrected chi connectivity index (χ2v) is 5.73. The molecule has 0 unspecified atom stereocenters. The molecule has 6 nitrogen and oxygen atoms in total. The van der Waals surface area contributed by atoms with Gasteiger partial charge >= 0.3 is 6.18 Å². The highest BCUT2D eigenvalue weighted by atomic mass is 19.4. The Bertz CT molecular complexity index is 688. The van der Waals surface area contributed by atoms with Gasteiger partial charge < -0.3 is 10.2 Å². The van der Waals surface area contributed by atoms with Crippen molar-refractivity contribution in [3.05, 3.63) is 35.8 Å². The fraction of sp³-hybridized carbons (Fsp3) is 0.467. The first-order chi connectivity index (χ1) is 11.4. The molecule has 0 spiro atoms. The van der Waals surface area contributed by atoms with Crippen LogP contribution in [0.5, 0.6) is 0 Å². The quantitative estimate of drug-likeness (QED) is 0.928. The molecule has 2 aromatic heterocycles. The Kier molecular flexibility index (Phi) is 4.50. The first kappa shape index (κ1) is 16.4. The van der Waals surface area contributed by atoms with Crippen LogP contribution in [-0.4, -0.2) is 39.3 Å². The number of piperidine rings is 1. The molecule has 0 radical (unpaired) electrons. The summed E-state index contributed by atoms with van der Waals surface area (Å²) in [5, 5.41) is 11.2. The Balaban J connectivity index is 1.68. The summed E-state index contributed by atoms with van der Waals surface area (Å²) in [6, 6.07) is 4.59. The minimum absolute atomic E-state index is 0.00772. The molecule has 0 bridgehead atoms. The summed E-state index contributed by atoms with van der Waals surface area (Å²) in [7, 11) is 0. The lowest BCUT2D eigenvalue weighted by Crippen LogP contribution is -2.43. The number of rotatable bonds is 3. The highest BCUT2D eigenvalue weighted by molar-refractivity contribution is 5.39. The summed E-state index contributed by atoms with van der Waals surface area (Å²) >= 11 is 0. The molecular weight excluding hydrogens is 321 g/mol. The van der Waals surface area contributed by atoms with Crippen LogP contribution in [0.4, 0.5) is 24.9 Å². The topological polar surface area (TPSA) is 66.8 Å². The summed E-state index contributed by atoms with van der Waals surface area (Å²) in [5.74, 6) is 0.753. The van der Waals surface area contributed by atoms with Crippen LogP contribution in [0.15, 0.2) is 24.4 Å². The van der Waals surface area contributed by atoms with Crippen molar-refractivity contribution in [2.45, 2.75) is 32.0 Å². The van der Waals surface area contributed by atoms with Crippen LogP contribution in [0.3, 0.4) is 0 Å². The number of nitrogens with one attached hydrogen (secondary N) is 1. The van der Waals surface area contributed by atoms with Gasteiger partial charge in [-0.05, 0) is 38.0 Å². The predicted molar refractivity (Wildman–Crippen MR) is 82.7 cm³/mol. The van der Waals surface area contributed by atoms with Crippen LogP contribution >= 0.6 is 0 Å². The van der Waals surface area contributed by atoms with Crippen molar-refractivity contribution in [3.63, 3.8) is 0 Å². The van der Waals surface area contributed by atoms with E-state index in [4.69, 9.17) is 0 Å². The molecule has 1 N–H and O–H groups in total. The number of hydrogen-bond donors (Lipinski definition) is 1. The molecule has 1 fully saturated rings. The van der Waals surface area contributed by atoms with Gasteiger partial charge in [0.1, 0.15) is 5.69 Å². The maximum Gasteiger partial charge on any atom is 0.433 e. The third-order valence-corrected chi connectivity index (χ3v) is 3.81. The van der Waals surface area contributed by atoms with Gasteiger partial charge in [0.15, 0.2) is 5.82 Å². The molecule has 2 aromatic rings. The average molecular weight is 338 g/mol. The zero-order valence-corrected chi connectivity index (χ0v) is 13.1. The standard InChI is InChI=1S/C15H17F3N6/c1-10-4-5-13(23-22-10)24-8-2-3-11(9-24)20-14-19-7-6-12(21-14)15(16,17)18/h4-7,11H,2-3,8-9H2,1H3,(H,19,20,21)/t11-/m1/s1. The summed E-state index contributed by atoms with van der Waals surface area (Å²) in [5.41, 5.74) is -0.111. The highest BCUT2D eigenvalue weighted by Gasteiger charge is 2.33. The van der Waals surface area contributed by atoms with E-state index in [0.717, 1.165) is 43.2 Å². The van der Waals surface area contributed by atoms with Crippen molar-refractivity contribution in [2.24, 2.45) is 0 Å². The van der Waals surface area contributed by atoms with E-state index in [1.807, 2.05) is 19.1 Å². The van der Waals surface area contributed by atoms with E-state index in [-0.39, 0.29) is 12.0 Å². The van der Waals surface area contributed by atoms with Gasteiger partial charge in [-0.25, -0.2) is 9.97 Å². The minimum Gasteiger partial charge on any atom is -0.353 e. The smallest absolute Gasteiger partial charge is 0.353 e. The number of hydrogen-bond acceptors (Lipinski definition) is 6. The number of anilines is 2. The van der Waals surface area contributed by atoms with E-state index in [9.17, 15) is 13.2 Å². The second kappa shape index (κ2) is 6.58. The average Bonchev–Trinajstić information content (AvgIpc) is 2.55. The number of aromatic nitrogens is 4. The van der Waals surface area contributed by atoms with Gasteiger partial charge in [0.05, 0.1) is 5.69 Å². The Morgan fingerprint density at radius 2 is 2.04 bits per heavy atom. The second-order valence-electron chi connectivity index (χ2n) is 5.73. The summed E-state index contributed by atoms with van der Waals surface area (Å²) in [6.07, 6.45) is -1.64. The van der Waals surface area contributed by atoms with Gasteiger partial charge in [0.2, 0.25) is 5.95 Å². The fourth-order valence-corrected chi connectivity index (χ4v) is 2.63. The summed E-state index contributed by atoms with van der Waals surface area (Å²) in [6.45, 7) is 3.30. The first-order valence-corrected chi connectivity index (χ1v) is 7.64. The normalized spacial score (nSPS) is 18.5. The van der Waals surface area contributed by atoms with Crippen LogP contribution in [-0.2, 0) is 6.18 Å². The maximum atomic E-state index is 12.7. The zero-order chi connectivity index (χ0) is 17.2. The molecule has 3 rings (SSSR count). The van der Waals surface area contributed by atoms with Gasteiger partial charge in [0.25, 0.3) is 0 Å². The van der Waals surface area contributed by atoms with Crippen LogP contribution < -0.4 is 10.2 Å². The summed E-state index contributed by atoms with van der Waals surface area (Å²) in [4.78, 5) is 9.50. The number of aryl methyl sites for hydroxylation is 1. The zero-order valence-electron chi connectivity index (χ0n) is 13.1. The van der Waals surface area contributed by atoms with E-state index in [2.05, 4.69) is 30.4 Å². The van der Waals surface area contributed by atoms with Crippen molar-refractivity contribution in [3.8, 4) is 0 Å². The lowest BCUT2D eigenvalue weighted by atomic mass is 10.1. The molecular formula is C15H17F3N6. The molecule has 0 aliphatic carbocycles. The maximum absolute atomic E-state index is 12.7.